The van der Waals surface area contributed by atoms with Gasteiger partial charge >= 0.3 is 0 Å². The summed E-state index contributed by atoms with van der Waals surface area (Å²) in [5, 5.41) is 0. The van der Waals surface area contributed by atoms with E-state index in [-0.39, 0.29) is 33.7 Å². The number of H-pyrrole nitrogens is 1. The zero-order chi connectivity index (χ0) is 24.3. The van der Waals surface area contributed by atoms with Gasteiger partial charge in [-0.2, -0.15) is 0 Å². The number of ketones is 1. The topological polar surface area (TPSA) is 127 Å². The number of pyridine rings is 1. The Labute approximate surface area is 197 Å². The Kier molecular flexibility index (Phi) is 5.40. The molecule has 1 fully saturated rings. The average Bonchev–Trinajstić information content (AvgIpc) is 3.44. The van der Waals surface area contributed by atoms with Gasteiger partial charge in [-0.15, -0.1) is 0 Å². The number of aromatic nitrogens is 2. The van der Waals surface area contributed by atoms with E-state index in [0.717, 1.165) is 30.2 Å². The second-order valence-electron chi connectivity index (χ2n) is 8.69. The van der Waals surface area contributed by atoms with E-state index >= 15 is 4.39 Å². The molecular weight excluding hydrogens is 464 g/mol. The monoisotopic (exact) mass is 487 g/mol. The zero-order valence-electron chi connectivity index (χ0n) is 18.5. The van der Waals surface area contributed by atoms with Crippen molar-refractivity contribution in [2.24, 2.45) is 11.7 Å². The van der Waals surface area contributed by atoms with Crippen molar-refractivity contribution < 1.29 is 18.3 Å². The first kappa shape index (κ1) is 22.5. The van der Waals surface area contributed by atoms with Crippen LogP contribution in [0.1, 0.15) is 51.3 Å². The lowest BCUT2D eigenvalue weighted by Crippen LogP contribution is -2.30. The summed E-state index contributed by atoms with van der Waals surface area (Å²) in [6, 6.07) is 4.06. The van der Waals surface area contributed by atoms with Crippen LogP contribution in [0, 0.1) is 17.6 Å². The van der Waals surface area contributed by atoms with Crippen LogP contribution in [0.25, 0.3) is 0 Å². The number of hydrogen-bond donors (Lipinski definition) is 3. The lowest BCUT2D eigenvalue weighted by Gasteiger charge is -2.30. The number of rotatable bonds is 4. The number of methoxy groups -OCH3 is 1. The van der Waals surface area contributed by atoms with Gasteiger partial charge in [-0.1, -0.05) is 11.5 Å². The number of carbonyl (C=O) groups excluding carboxylic acids is 1. The molecule has 34 heavy (non-hydrogen) atoms. The molecule has 0 radical (unpaired) electrons. The predicted molar refractivity (Wildman–Crippen MR) is 125 cm³/mol. The van der Waals surface area contributed by atoms with Crippen LogP contribution in [0.15, 0.2) is 23.0 Å². The van der Waals surface area contributed by atoms with Crippen LogP contribution in [0.4, 0.5) is 20.3 Å². The molecule has 178 valence electrons. The van der Waals surface area contributed by atoms with Crippen molar-refractivity contribution in [3.05, 3.63) is 67.4 Å². The van der Waals surface area contributed by atoms with Crippen LogP contribution in [0.2, 0.25) is 0 Å². The lowest BCUT2D eigenvalue weighted by molar-refractivity contribution is 0.103. The molecule has 2 unspecified atom stereocenters. The van der Waals surface area contributed by atoms with Crippen molar-refractivity contribution in [1.29, 1.82) is 0 Å². The number of fused-ring (bicyclic) bond motifs is 2. The van der Waals surface area contributed by atoms with Gasteiger partial charge < -0.3 is 21.1 Å². The SMILES string of the molecule is COc1c(N2CC[C@@H](C(C)N)C2)ccc2c1C(c1nc(N)c(F)cc1F)c1s[nH]c(=O)c1C2=O. The van der Waals surface area contributed by atoms with E-state index in [2.05, 4.69) is 14.3 Å². The fourth-order valence-corrected chi connectivity index (χ4v) is 5.87. The summed E-state index contributed by atoms with van der Waals surface area (Å²) >= 11 is 0.917. The fraction of sp³-hybridized carbons (Fsp3) is 0.348. The fourth-order valence-electron chi connectivity index (χ4n) is 4.93. The van der Waals surface area contributed by atoms with Crippen molar-refractivity contribution >= 4 is 28.8 Å². The quantitative estimate of drug-likeness (QED) is 0.404. The highest BCUT2D eigenvalue weighted by Crippen LogP contribution is 2.49. The van der Waals surface area contributed by atoms with Crippen LogP contribution in [0.5, 0.6) is 5.75 Å². The molecule has 3 heterocycles. The Morgan fingerprint density at radius 3 is 2.74 bits per heavy atom. The summed E-state index contributed by atoms with van der Waals surface area (Å²) in [7, 11) is 1.47. The number of nitrogen functional groups attached to an aromatic ring is 1. The molecule has 1 saturated heterocycles. The normalized spacial score (nSPS) is 20.3. The Morgan fingerprint density at radius 2 is 2.06 bits per heavy atom. The maximum atomic E-state index is 15.1. The maximum Gasteiger partial charge on any atom is 0.269 e. The third-order valence-corrected chi connectivity index (χ3v) is 7.64. The molecule has 8 nitrogen and oxygen atoms in total. The minimum absolute atomic E-state index is 0.0168. The van der Waals surface area contributed by atoms with Gasteiger partial charge in [-0.05, 0) is 31.4 Å². The molecule has 3 aromatic rings. The Balaban J connectivity index is 1.76. The highest BCUT2D eigenvalue weighted by atomic mass is 32.1. The van der Waals surface area contributed by atoms with Gasteiger partial charge in [0.1, 0.15) is 17.1 Å². The Bertz CT molecular complexity index is 1370. The van der Waals surface area contributed by atoms with Crippen molar-refractivity contribution in [3.63, 3.8) is 0 Å². The molecule has 0 bridgehead atoms. The number of benzene rings is 1. The molecule has 2 aromatic heterocycles. The van der Waals surface area contributed by atoms with Gasteiger partial charge in [0, 0.05) is 36.3 Å². The van der Waals surface area contributed by atoms with Gasteiger partial charge in [0.25, 0.3) is 5.56 Å². The molecule has 5 rings (SSSR count). The molecule has 1 aliphatic heterocycles. The number of nitrogens with one attached hydrogen (secondary N) is 1. The highest BCUT2D eigenvalue weighted by Gasteiger charge is 2.42. The van der Waals surface area contributed by atoms with Gasteiger partial charge in [0.05, 0.1) is 29.3 Å². The minimum atomic E-state index is -0.990. The van der Waals surface area contributed by atoms with E-state index in [0.29, 0.717) is 23.9 Å². The Hall–Kier alpha value is -3.31. The van der Waals surface area contributed by atoms with Crippen LogP contribution >= 0.6 is 11.5 Å². The van der Waals surface area contributed by atoms with Crippen molar-refractivity contribution in [2.75, 3.05) is 30.8 Å². The van der Waals surface area contributed by atoms with Crippen molar-refractivity contribution in [1.82, 2.24) is 9.36 Å². The number of anilines is 2. The molecular formula is C23H23F2N5O3S. The van der Waals surface area contributed by atoms with Crippen molar-refractivity contribution in [2.45, 2.75) is 25.3 Å². The van der Waals surface area contributed by atoms with Crippen LogP contribution in [-0.4, -0.2) is 41.4 Å². The molecule has 1 aliphatic carbocycles. The van der Waals surface area contributed by atoms with Crippen LogP contribution < -0.4 is 26.7 Å². The summed E-state index contributed by atoms with van der Waals surface area (Å²) in [5.74, 6) is -3.22. The second kappa shape index (κ2) is 8.17. The number of ether oxygens (including phenoxy) is 1. The average molecular weight is 488 g/mol. The standard InChI is InChI=1S/C23H23F2N5O3S/c1-9(26)10-5-6-30(8-10)14-4-3-11-15(20(14)33-2)16(18-12(24)7-13(25)22(27)28-18)21-17(19(11)31)23(32)29-34-21/h3-4,7,9-10,16H,5-6,8,26H2,1-2H3,(H2,27,28)(H,29,32)/t9?,10-,16?/m1/s1. The van der Waals surface area contributed by atoms with E-state index in [1.165, 1.54) is 7.11 Å². The Morgan fingerprint density at radius 1 is 1.29 bits per heavy atom. The number of nitrogens with two attached hydrogens (primary N) is 2. The largest absolute Gasteiger partial charge is 0.494 e. The van der Waals surface area contributed by atoms with Gasteiger partial charge in [-0.3, -0.25) is 14.0 Å². The second-order valence-corrected chi connectivity index (χ2v) is 9.54. The first-order valence-electron chi connectivity index (χ1n) is 10.8. The minimum Gasteiger partial charge on any atom is -0.494 e. The number of nitrogens with zero attached hydrogens (tertiary/aromatic N) is 2. The maximum absolute atomic E-state index is 15.1. The molecule has 3 atom stereocenters. The van der Waals surface area contributed by atoms with E-state index < -0.39 is 34.7 Å². The number of aromatic amines is 1. The van der Waals surface area contributed by atoms with E-state index in [1.54, 1.807) is 12.1 Å². The van der Waals surface area contributed by atoms with Crippen LogP contribution in [0.3, 0.4) is 0 Å². The molecule has 0 spiro atoms. The van der Waals surface area contributed by atoms with Gasteiger partial charge in [0.2, 0.25) is 0 Å². The molecule has 0 amide bonds. The summed E-state index contributed by atoms with van der Waals surface area (Å²) in [5.41, 5.74) is 12.2. The van der Waals surface area contributed by atoms with Gasteiger partial charge in [-0.25, -0.2) is 13.8 Å². The lowest BCUT2D eigenvalue weighted by atomic mass is 9.79. The molecule has 1 aromatic carbocycles. The summed E-state index contributed by atoms with van der Waals surface area (Å²) in [6.45, 7) is 3.40. The van der Waals surface area contributed by atoms with E-state index in [9.17, 15) is 14.0 Å². The number of carbonyl (C=O) groups is 1. The number of hydrogen-bond acceptors (Lipinski definition) is 8. The smallest absolute Gasteiger partial charge is 0.269 e. The zero-order valence-corrected chi connectivity index (χ0v) is 19.3. The third kappa shape index (κ3) is 3.30. The first-order chi connectivity index (χ1) is 16.2. The van der Waals surface area contributed by atoms with Crippen LogP contribution in [-0.2, 0) is 0 Å². The summed E-state index contributed by atoms with van der Waals surface area (Å²) in [6.07, 6.45) is 0.897. The first-order valence-corrected chi connectivity index (χ1v) is 11.6. The molecule has 2 aliphatic rings. The van der Waals surface area contributed by atoms with Gasteiger partial charge in [0.15, 0.2) is 17.4 Å². The third-order valence-electron chi connectivity index (χ3n) is 6.70. The summed E-state index contributed by atoms with van der Waals surface area (Å²) in [4.78, 5) is 32.2. The molecule has 0 saturated carbocycles. The molecule has 5 N–H and O–H groups in total. The number of halogens is 2. The highest BCUT2D eigenvalue weighted by molar-refractivity contribution is 7.06. The van der Waals surface area contributed by atoms with Crippen molar-refractivity contribution in [3.8, 4) is 5.75 Å². The molecule has 11 heteroatoms. The van der Waals surface area contributed by atoms with E-state index in [4.69, 9.17) is 16.2 Å². The van der Waals surface area contributed by atoms with E-state index in [1.807, 2.05) is 6.92 Å². The summed E-state index contributed by atoms with van der Waals surface area (Å²) < 4.78 is 37.4. The predicted octanol–water partition coefficient (Wildman–Crippen LogP) is 2.60.